The smallest absolute Gasteiger partial charge is 0.242 e. The fraction of sp³-hybridized carbons (Fsp3) is 0.450. The van der Waals surface area contributed by atoms with Crippen molar-refractivity contribution in [1.82, 2.24) is 9.80 Å². The number of carbonyl (C=O) groups excluding carboxylic acids is 3. The third kappa shape index (κ3) is 2.49. The number of nitrogens with zero attached hydrogens (tertiary/aromatic N) is 2. The summed E-state index contributed by atoms with van der Waals surface area (Å²) in [4.78, 5) is 40.9. The predicted molar refractivity (Wildman–Crippen MR) is 97.1 cm³/mol. The normalized spacial score (nSPS) is 30.0. The highest BCUT2D eigenvalue weighted by molar-refractivity contribution is 6.31. The fourth-order valence-electron chi connectivity index (χ4n) is 4.61. The standard InChI is InChI=1S/C20H21ClN2O3/c1-11(14-5-3-4-6-15(14)21)22(2)16(24)10-23-19(25)17-12-7-8-13(9-12)18(17)20(23)26/h3-8,11-13,17-18H,9-10H2,1-2H3/t11-,12+,13+,17-,18-/m1/s1. The van der Waals surface area contributed by atoms with Crippen molar-refractivity contribution >= 4 is 29.3 Å². The summed E-state index contributed by atoms with van der Waals surface area (Å²) in [7, 11) is 1.67. The molecule has 1 aliphatic heterocycles. The minimum atomic E-state index is -0.267. The number of halogens is 1. The van der Waals surface area contributed by atoms with Crippen LogP contribution >= 0.6 is 11.6 Å². The van der Waals surface area contributed by atoms with Gasteiger partial charge in [0.15, 0.2) is 0 Å². The Balaban J connectivity index is 1.48. The number of likely N-dealkylation sites (tertiary alicyclic amines) is 1. The van der Waals surface area contributed by atoms with Gasteiger partial charge in [0.25, 0.3) is 0 Å². The zero-order chi connectivity index (χ0) is 18.6. The summed E-state index contributed by atoms with van der Waals surface area (Å²) in [5.74, 6) is -0.872. The molecule has 26 heavy (non-hydrogen) atoms. The van der Waals surface area contributed by atoms with Gasteiger partial charge in [0, 0.05) is 12.1 Å². The first-order valence-corrected chi connectivity index (χ1v) is 9.31. The van der Waals surface area contributed by atoms with Crippen molar-refractivity contribution in [2.75, 3.05) is 13.6 Å². The second-order valence-corrected chi connectivity index (χ2v) is 7.87. The Labute approximate surface area is 157 Å². The summed E-state index contributed by atoms with van der Waals surface area (Å²) in [6, 6.07) is 7.11. The van der Waals surface area contributed by atoms with E-state index in [0.29, 0.717) is 5.02 Å². The Hall–Kier alpha value is -2.14. The van der Waals surface area contributed by atoms with Gasteiger partial charge in [-0.3, -0.25) is 19.3 Å². The van der Waals surface area contributed by atoms with Gasteiger partial charge in [-0.25, -0.2) is 0 Å². The molecule has 136 valence electrons. The molecule has 6 heteroatoms. The van der Waals surface area contributed by atoms with Crippen molar-refractivity contribution in [2.24, 2.45) is 23.7 Å². The molecule has 1 saturated heterocycles. The van der Waals surface area contributed by atoms with E-state index >= 15 is 0 Å². The van der Waals surface area contributed by atoms with Gasteiger partial charge in [-0.05, 0) is 36.8 Å². The largest absolute Gasteiger partial charge is 0.337 e. The lowest BCUT2D eigenvalue weighted by molar-refractivity contribution is -0.147. The minimum absolute atomic E-state index is 0.154. The van der Waals surface area contributed by atoms with Crippen LogP contribution in [0.4, 0.5) is 0 Å². The molecule has 1 aromatic carbocycles. The zero-order valence-electron chi connectivity index (χ0n) is 14.8. The highest BCUT2D eigenvalue weighted by Crippen LogP contribution is 2.52. The monoisotopic (exact) mass is 372 g/mol. The highest BCUT2D eigenvalue weighted by atomic mass is 35.5. The molecule has 5 nitrogen and oxygen atoms in total. The minimum Gasteiger partial charge on any atom is -0.337 e. The number of allylic oxidation sites excluding steroid dienone is 2. The topological polar surface area (TPSA) is 57.7 Å². The lowest BCUT2D eigenvalue weighted by atomic mass is 9.85. The van der Waals surface area contributed by atoms with Gasteiger partial charge in [0.2, 0.25) is 17.7 Å². The van der Waals surface area contributed by atoms with Gasteiger partial charge in [-0.1, -0.05) is 42.0 Å². The molecule has 0 unspecified atom stereocenters. The molecule has 2 fully saturated rings. The Morgan fingerprint density at radius 3 is 2.35 bits per heavy atom. The maximum absolute atomic E-state index is 12.7. The zero-order valence-corrected chi connectivity index (χ0v) is 15.5. The maximum atomic E-state index is 12.7. The molecule has 0 spiro atoms. The van der Waals surface area contributed by atoms with Crippen LogP contribution in [0.1, 0.15) is 24.9 Å². The molecule has 0 aromatic heterocycles. The first kappa shape index (κ1) is 17.3. The SMILES string of the molecule is C[C@H](c1ccccc1Cl)N(C)C(=O)CN1C(=O)[C@H]2[C@H](C1=O)[C@H]1C=C[C@H]2C1. The van der Waals surface area contributed by atoms with Crippen molar-refractivity contribution in [3.05, 3.63) is 47.0 Å². The average molecular weight is 373 g/mol. The van der Waals surface area contributed by atoms with Crippen LogP contribution in [0.5, 0.6) is 0 Å². The van der Waals surface area contributed by atoms with Crippen LogP contribution in [0, 0.1) is 23.7 Å². The second kappa shape index (κ2) is 6.23. The summed E-state index contributed by atoms with van der Waals surface area (Å²) in [5, 5.41) is 0.588. The van der Waals surface area contributed by atoms with Crippen LogP contribution in [-0.2, 0) is 14.4 Å². The number of rotatable bonds is 4. The third-order valence-electron chi connectivity index (χ3n) is 6.18. The van der Waals surface area contributed by atoms with Crippen LogP contribution in [0.2, 0.25) is 5.02 Å². The molecule has 1 aromatic rings. The van der Waals surface area contributed by atoms with E-state index in [1.165, 1.54) is 4.90 Å². The summed E-state index contributed by atoms with van der Waals surface area (Å²) < 4.78 is 0. The molecule has 0 N–H and O–H groups in total. The number of carbonyl (C=O) groups is 3. The molecule has 2 aliphatic carbocycles. The van der Waals surface area contributed by atoms with E-state index in [2.05, 4.69) is 0 Å². The maximum Gasteiger partial charge on any atom is 0.242 e. The van der Waals surface area contributed by atoms with E-state index < -0.39 is 0 Å². The Bertz CT molecular complexity index is 791. The van der Waals surface area contributed by atoms with Crippen LogP contribution < -0.4 is 0 Å². The Kier molecular flexibility index (Phi) is 4.14. The van der Waals surface area contributed by atoms with Gasteiger partial charge in [-0.2, -0.15) is 0 Å². The van der Waals surface area contributed by atoms with E-state index in [0.717, 1.165) is 12.0 Å². The highest BCUT2D eigenvalue weighted by Gasteiger charge is 2.59. The average Bonchev–Trinajstić information content (AvgIpc) is 3.31. The number of hydrogen-bond acceptors (Lipinski definition) is 3. The van der Waals surface area contributed by atoms with Gasteiger partial charge >= 0.3 is 0 Å². The van der Waals surface area contributed by atoms with E-state index in [4.69, 9.17) is 11.6 Å². The summed E-state index contributed by atoms with van der Waals surface area (Å²) in [5.41, 5.74) is 0.836. The molecule has 1 saturated carbocycles. The lowest BCUT2D eigenvalue weighted by Gasteiger charge is -2.28. The van der Waals surface area contributed by atoms with Gasteiger partial charge in [0.05, 0.1) is 17.9 Å². The van der Waals surface area contributed by atoms with Crippen molar-refractivity contribution in [3.8, 4) is 0 Å². The first-order valence-electron chi connectivity index (χ1n) is 8.93. The summed E-state index contributed by atoms with van der Waals surface area (Å²) >= 11 is 6.22. The van der Waals surface area contributed by atoms with E-state index in [1.807, 2.05) is 37.3 Å². The Morgan fingerprint density at radius 1 is 1.19 bits per heavy atom. The number of benzene rings is 1. The third-order valence-corrected chi connectivity index (χ3v) is 6.53. The number of amides is 3. The molecular formula is C20H21ClN2O3. The molecular weight excluding hydrogens is 352 g/mol. The van der Waals surface area contributed by atoms with Gasteiger partial charge < -0.3 is 4.90 Å². The van der Waals surface area contributed by atoms with E-state index in [1.54, 1.807) is 18.0 Å². The van der Waals surface area contributed by atoms with Crippen molar-refractivity contribution in [1.29, 1.82) is 0 Å². The van der Waals surface area contributed by atoms with Crippen LogP contribution in [0.3, 0.4) is 0 Å². The molecule has 3 aliphatic rings. The predicted octanol–water partition coefficient (Wildman–Crippen LogP) is 2.67. The Morgan fingerprint density at radius 2 is 1.77 bits per heavy atom. The van der Waals surface area contributed by atoms with E-state index in [-0.39, 0.29) is 54.0 Å². The quantitative estimate of drug-likeness (QED) is 0.603. The number of fused-ring (bicyclic) bond motifs is 5. The summed E-state index contributed by atoms with van der Waals surface area (Å²) in [6.45, 7) is 1.68. The van der Waals surface area contributed by atoms with Crippen LogP contribution in [0.15, 0.2) is 36.4 Å². The second-order valence-electron chi connectivity index (χ2n) is 7.46. The molecule has 0 radical (unpaired) electrons. The molecule has 3 amide bonds. The van der Waals surface area contributed by atoms with Crippen molar-refractivity contribution in [2.45, 2.75) is 19.4 Å². The first-order chi connectivity index (χ1) is 12.4. The fourth-order valence-corrected chi connectivity index (χ4v) is 4.90. The molecule has 2 bridgehead atoms. The van der Waals surface area contributed by atoms with Crippen molar-refractivity contribution in [3.63, 3.8) is 0 Å². The molecule has 5 atom stereocenters. The van der Waals surface area contributed by atoms with Crippen molar-refractivity contribution < 1.29 is 14.4 Å². The summed E-state index contributed by atoms with van der Waals surface area (Å²) in [6.07, 6.45) is 4.99. The number of imide groups is 1. The number of hydrogen-bond donors (Lipinski definition) is 0. The van der Waals surface area contributed by atoms with E-state index in [9.17, 15) is 14.4 Å². The van der Waals surface area contributed by atoms with Crippen LogP contribution in [0.25, 0.3) is 0 Å². The molecule has 4 rings (SSSR count). The van der Waals surface area contributed by atoms with Crippen LogP contribution in [-0.4, -0.2) is 41.1 Å². The number of likely N-dealkylation sites (N-methyl/N-ethyl adjacent to an activating group) is 1. The van der Waals surface area contributed by atoms with Gasteiger partial charge in [0.1, 0.15) is 6.54 Å². The molecule has 1 heterocycles. The van der Waals surface area contributed by atoms with Gasteiger partial charge in [-0.15, -0.1) is 0 Å². The lowest BCUT2D eigenvalue weighted by Crippen LogP contribution is -2.43.